The van der Waals surface area contributed by atoms with Crippen LogP contribution in [-0.2, 0) is 0 Å². The van der Waals surface area contributed by atoms with E-state index in [4.69, 9.17) is 11.6 Å². The normalized spacial score (nSPS) is 22.3. The fourth-order valence-corrected chi connectivity index (χ4v) is 4.55. The van der Waals surface area contributed by atoms with Crippen molar-refractivity contribution in [3.8, 4) is 0 Å². The molecule has 1 saturated carbocycles. The summed E-state index contributed by atoms with van der Waals surface area (Å²) in [5, 5.41) is 8.37. The number of benzene rings is 1. The first-order valence-corrected chi connectivity index (χ1v) is 9.09. The number of pyridine rings is 1. The summed E-state index contributed by atoms with van der Waals surface area (Å²) in [4.78, 5) is 17.5. The van der Waals surface area contributed by atoms with E-state index in [2.05, 4.69) is 15.6 Å². The summed E-state index contributed by atoms with van der Waals surface area (Å²) in [5.74, 6) is -0.0400. The molecule has 1 aliphatic heterocycles. The number of hydrogen-bond acceptors (Lipinski definition) is 3. The molecule has 1 spiro atoms. The van der Waals surface area contributed by atoms with E-state index in [1.165, 1.54) is 12.8 Å². The molecule has 2 aromatic rings. The van der Waals surface area contributed by atoms with Crippen molar-refractivity contribution in [1.29, 1.82) is 0 Å². The SMILES string of the molecule is Cc1nc2cccc(Cl)c2cc1C(=O)NC1CCNC12CCCC2. The second-order valence-corrected chi connectivity index (χ2v) is 7.44. The molecule has 1 atom stereocenters. The minimum atomic E-state index is -0.0400. The van der Waals surface area contributed by atoms with Gasteiger partial charge in [-0.25, -0.2) is 0 Å². The topological polar surface area (TPSA) is 54.0 Å². The molecular formula is C19H22ClN3O. The number of carbonyl (C=O) groups is 1. The smallest absolute Gasteiger partial charge is 0.253 e. The minimum Gasteiger partial charge on any atom is -0.347 e. The van der Waals surface area contributed by atoms with Crippen molar-refractivity contribution >= 4 is 28.4 Å². The second-order valence-electron chi connectivity index (χ2n) is 7.03. The maximum absolute atomic E-state index is 12.9. The van der Waals surface area contributed by atoms with Gasteiger partial charge in [-0.15, -0.1) is 0 Å². The Morgan fingerprint density at radius 2 is 2.17 bits per heavy atom. The molecule has 24 heavy (non-hydrogen) atoms. The largest absolute Gasteiger partial charge is 0.347 e. The van der Waals surface area contributed by atoms with Gasteiger partial charge >= 0.3 is 0 Å². The predicted molar refractivity (Wildman–Crippen MR) is 96.6 cm³/mol. The lowest BCUT2D eigenvalue weighted by atomic mass is 9.90. The van der Waals surface area contributed by atoms with Gasteiger partial charge in [0.15, 0.2) is 0 Å². The zero-order valence-corrected chi connectivity index (χ0v) is 14.6. The summed E-state index contributed by atoms with van der Waals surface area (Å²) in [6.07, 6.45) is 5.78. The summed E-state index contributed by atoms with van der Waals surface area (Å²) < 4.78 is 0. The molecule has 1 amide bonds. The fraction of sp³-hybridized carbons (Fsp3) is 0.474. The number of aryl methyl sites for hydroxylation is 1. The van der Waals surface area contributed by atoms with Crippen LogP contribution in [0.4, 0.5) is 0 Å². The molecule has 2 aliphatic rings. The number of carbonyl (C=O) groups excluding carboxylic acids is 1. The Balaban J connectivity index is 1.63. The Bertz CT molecular complexity index is 793. The third-order valence-corrected chi connectivity index (χ3v) is 5.95. The van der Waals surface area contributed by atoms with Crippen molar-refractivity contribution in [2.75, 3.05) is 6.54 Å². The van der Waals surface area contributed by atoms with Gasteiger partial charge in [0, 0.05) is 22.0 Å². The van der Waals surface area contributed by atoms with Gasteiger partial charge in [-0.2, -0.15) is 0 Å². The van der Waals surface area contributed by atoms with Crippen LogP contribution in [0.3, 0.4) is 0 Å². The summed E-state index contributed by atoms with van der Waals surface area (Å²) in [6.45, 7) is 2.86. The number of fused-ring (bicyclic) bond motifs is 1. The molecule has 4 nitrogen and oxygen atoms in total. The van der Waals surface area contributed by atoms with Crippen LogP contribution in [-0.4, -0.2) is 29.0 Å². The second kappa shape index (κ2) is 6.01. The lowest BCUT2D eigenvalue weighted by molar-refractivity contribution is 0.0917. The highest BCUT2D eigenvalue weighted by atomic mass is 35.5. The maximum atomic E-state index is 12.9. The van der Waals surface area contributed by atoms with Crippen molar-refractivity contribution in [1.82, 2.24) is 15.6 Å². The highest BCUT2D eigenvalue weighted by molar-refractivity contribution is 6.35. The summed E-state index contributed by atoms with van der Waals surface area (Å²) in [6, 6.07) is 7.71. The van der Waals surface area contributed by atoms with Crippen LogP contribution in [0, 0.1) is 6.92 Å². The van der Waals surface area contributed by atoms with Crippen LogP contribution in [0.15, 0.2) is 24.3 Å². The lowest BCUT2D eigenvalue weighted by Gasteiger charge is -2.32. The first-order valence-electron chi connectivity index (χ1n) is 8.71. The summed E-state index contributed by atoms with van der Waals surface area (Å²) in [5.41, 5.74) is 2.29. The van der Waals surface area contributed by atoms with E-state index in [1.54, 1.807) is 0 Å². The van der Waals surface area contributed by atoms with E-state index < -0.39 is 0 Å². The van der Waals surface area contributed by atoms with Crippen molar-refractivity contribution in [3.05, 3.63) is 40.5 Å². The van der Waals surface area contributed by atoms with Gasteiger partial charge in [0.25, 0.3) is 5.91 Å². The fourth-order valence-electron chi connectivity index (χ4n) is 4.33. The lowest BCUT2D eigenvalue weighted by Crippen LogP contribution is -2.53. The van der Waals surface area contributed by atoms with Crippen molar-refractivity contribution < 1.29 is 4.79 Å². The number of halogens is 1. The predicted octanol–water partition coefficient (Wildman–Crippen LogP) is 3.60. The Hall–Kier alpha value is -1.65. The molecule has 1 unspecified atom stereocenters. The number of nitrogens with zero attached hydrogens (tertiary/aromatic N) is 1. The molecule has 2 fully saturated rings. The van der Waals surface area contributed by atoms with Crippen LogP contribution in [0.5, 0.6) is 0 Å². The Morgan fingerprint density at radius 3 is 2.96 bits per heavy atom. The molecule has 2 heterocycles. The van der Waals surface area contributed by atoms with Gasteiger partial charge in [-0.3, -0.25) is 9.78 Å². The first-order chi connectivity index (χ1) is 11.6. The molecule has 0 bridgehead atoms. The highest BCUT2D eigenvalue weighted by Crippen LogP contribution is 2.37. The molecule has 5 heteroatoms. The van der Waals surface area contributed by atoms with Crippen LogP contribution in [0.25, 0.3) is 10.9 Å². The van der Waals surface area contributed by atoms with Gasteiger partial charge in [0.05, 0.1) is 16.8 Å². The zero-order valence-electron chi connectivity index (χ0n) is 13.9. The van der Waals surface area contributed by atoms with Gasteiger partial charge in [0.2, 0.25) is 0 Å². The van der Waals surface area contributed by atoms with E-state index in [9.17, 15) is 4.79 Å². The van der Waals surface area contributed by atoms with E-state index in [-0.39, 0.29) is 17.5 Å². The first kappa shape index (κ1) is 15.9. The number of aromatic nitrogens is 1. The molecule has 0 radical (unpaired) electrons. The van der Waals surface area contributed by atoms with Crippen LogP contribution in [0.2, 0.25) is 5.02 Å². The highest BCUT2D eigenvalue weighted by Gasteiger charge is 2.45. The Morgan fingerprint density at radius 1 is 1.38 bits per heavy atom. The maximum Gasteiger partial charge on any atom is 0.253 e. The third-order valence-electron chi connectivity index (χ3n) is 5.62. The average molecular weight is 344 g/mol. The van der Waals surface area contributed by atoms with Crippen molar-refractivity contribution in [2.24, 2.45) is 0 Å². The van der Waals surface area contributed by atoms with Crippen molar-refractivity contribution in [2.45, 2.75) is 50.6 Å². The van der Waals surface area contributed by atoms with Gasteiger partial charge in [0.1, 0.15) is 0 Å². The van der Waals surface area contributed by atoms with Gasteiger partial charge in [-0.1, -0.05) is 30.5 Å². The van der Waals surface area contributed by atoms with Crippen molar-refractivity contribution in [3.63, 3.8) is 0 Å². The Kier molecular flexibility index (Phi) is 3.97. The summed E-state index contributed by atoms with van der Waals surface area (Å²) in [7, 11) is 0. The molecule has 1 aromatic heterocycles. The van der Waals surface area contributed by atoms with Gasteiger partial charge < -0.3 is 10.6 Å². The zero-order chi connectivity index (χ0) is 16.7. The molecule has 126 valence electrons. The third kappa shape index (κ3) is 2.58. The average Bonchev–Trinajstić information content (AvgIpc) is 3.18. The minimum absolute atomic E-state index is 0.0400. The Labute approximate surface area is 147 Å². The monoisotopic (exact) mass is 343 g/mol. The molecular weight excluding hydrogens is 322 g/mol. The molecule has 4 rings (SSSR count). The molecule has 1 aromatic carbocycles. The van der Waals surface area contributed by atoms with Gasteiger partial charge in [-0.05, 0) is 50.9 Å². The van der Waals surface area contributed by atoms with E-state index in [0.29, 0.717) is 10.6 Å². The van der Waals surface area contributed by atoms with E-state index in [0.717, 1.165) is 42.4 Å². The van der Waals surface area contributed by atoms with Crippen LogP contribution in [0.1, 0.15) is 48.2 Å². The standard InChI is InChI=1S/C19H22ClN3O/c1-12-13(11-14-15(20)5-4-6-16(14)22-12)18(24)23-17-7-10-21-19(17)8-2-3-9-19/h4-6,11,17,21H,2-3,7-10H2,1H3,(H,23,24). The van der Waals surface area contributed by atoms with E-state index >= 15 is 0 Å². The molecule has 2 N–H and O–H groups in total. The summed E-state index contributed by atoms with van der Waals surface area (Å²) >= 11 is 6.27. The van der Waals surface area contributed by atoms with Crippen LogP contribution >= 0.6 is 11.6 Å². The van der Waals surface area contributed by atoms with Crippen LogP contribution < -0.4 is 10.6 Å². The molecule has 1 saturated heterocycles. The number of hydrogen-bond donors (Lipinski definition) is 2. The number of amides is 1. The van der Waals surface area contributed by atoms with E-state index in [1.807, 2.05) is 31.2 Å². The number of rotatable bonds is 2. The quantitative estimate of drug-likeness (QED) is 0.876. The molecule has 1 aliphatic carbocycles. The number of nitrogens with one attached hydrogen (secondary N) is 2.